The Morgan fingerprint density at radius 3 is 1.67 bits per heavy atom. The number of benzene rings is 4. The molecule has 0 fully saturated rings. The number of nitro groups is 2. The van der Waals surface area contributed by atoms with Crippen molar-refractivity contribution in [3.63, 3.8) is 0 Å². The van der Waals surface area contributed by atoms with Crippen molar-refractivity contribution in [2.24, 2.45) is 0 Å². The second kappa shape index (κ2) is 16.2. The Hall–Kier alpha value is -2.73. The van der Waals surface area contributed by atoms with E-state index in [1.54, 1.807) is 48.5 Å². The van der Waals surface area contributed by atoms with E-state index >= 15 is 0 Å². The summed E-state index contributed by atoms with van der Waals surface area (Å²) in [6.07, 6.45) is 0. The first-order chi connectivity index (χ1) is 21.1. The van der Waals surface area contributed by atoms with Crippen LogP contribution in [0, 0.1) is 20.2 Å². The summed E-state index contributed by atoms with van der Waals surface area (Å²) >= 11 is 14.5. The molecular formula is C28H21Br2ClN2O8S4. The van der Waals surface area contributed by atoms with E-state index in [-0.39, 0.29) is 31.3 Å². The van der Waals surface area contributed by atoms with Crippen molar-refractivity contribution in [3.05, 3.63) is 137 Å². The number of sulfone groups is 2. The molecule has 4 aromatic rings. The number of thioether (sulfide) groups is 2. The number of nitro benzene ring substituents is 2. The molecule has 0 aromatic heterocycles. The molecule has 0 amide bonds. The number of rotatable bonds is 11. The molecule has 0 radical (unpaired) electrons. The van der Waals surface area contributed by atoms with Gasteiger partial charge in [-0.1, -0.05) is 62.3 Å². The molecule has 0 spiro atoms. The van der Waals surface area contributed by atoms with Crippen LogP contribution in [0.2, 0.25) is 0 Å². The average molecular weight is 837 g/mol. The van der Waals surface area contributed by atoms with Crippen molar-refractivity contribution in [3.8, 4) is 0 Å². The number of nitrogens with zero attached hydrogens (tertiary/aromatic N) is 2. The van der Waals surface area contributed by atoms with Crippen LogP contribution in [-0.2, 0) is 19.7 Å². The van der Waals surface area contributed by atoms with Crippen LogP contribution < -0.4 is 0 Å². The van der Waals surface area contributed by atoms with Gasteiger partial charge in [-0.2, -0.15) is 0 Å². The SMILES string of the molecule is C=C(Sc1ccc(Br)cc1)S(=O)(=O)c1cccc([N+](=O)[O-])c1.O=[N+]([O-])c1cccc(S(=O)(=O)C(CCl)Sc2ccc(Br)cc2)c1. The Bertz CT molecular complexity index is 1930. The van der Waals surface area contributed by atoms with E-state index < -0.39 is 34.1 Å². The summed E-state index contributed by atoms with van der Waals surface area (Å²) in [6.45, 7) is 3.59. The zero-order chi connectivity index (χ0) is 33.4. The minimum absolute atomic E-state index is 0.0877. The summed E-state index contributed by atoms with van der Waals surface area (Å²) in [4.78, 5) is 21.5. The van der Waals surface area contributed by atoms with E-state index in [4.69, 9.17) is 11.6 Å². The topological polar surface area (TPSA) is 155 Å². The second-order valence-corrected chi connectivity index (χ2v) is 17.9. The molecule has 4 aromatic carbocycles. The molecule has 1 atom stereocenters. The summed E-state index contributed by atoms with van der Waals surface area (Å²) in [7, 11) is -7.65. The van der Waals surface area contributed by atoms with Crippen LogP contribution >= 0.6 is 67.0 Å². The van der Waals surface area contributed by atoms with Crippen LogP contribution in [0.3, 0.4) is 0 Å². The highest BCUT2D eigenvalue weighted by atomic mass is 79.9. The first-order valence-corrected chi connectivity index (χ1v) is 19.1. The summed E-state index contributed by atoms with van der Waals surface area (Å²) in [5.41, 5.74) is -0.546. The second-order valence-electron chi connectivity index (χ2n) is 8.64. The van der Waals surface area contributed by atoms with Crippen LogP contribution in [-0.4, -0.2) is 37.1 Å². The maximum atomic E-state index is 12.7. The fourth-order valence-corrected chi connectivity index (χ4v) is 9.77. The van der Waals surface area contributed by atoms with E-state index in [2.05, 4.69) is 38.4 Å². The molecule has 17 heteroatoms. The monoisotopic (exact) mass is 834 g/mol. The highest BCUT2D eigenvalue weighted by Gasteiger charge is 2.29. The summed E-state index contributed by atoms with van der Waals surface area (Å²) in [6, 6.07) is 24.1. The van der Waals surface area contributed by atoms with Crippen LogP contribution in [0.15, 0.2) is 136 Å². The smallest absolute Gasteiger partial charge is 0.258 e. The lowest BCUT2D eigenvalue weighted by Gasteiger charge is -2.14. The highest BCUT2D eigenvalue weighted by molar-refractivity contribution is 9.10. The first-order valence-electron chi connectivity index (χ1n) is 12.2. The standard InChI is InChI=1S/C14H11BrClNO4S2.C14H10BrNO4S2/c15-10-4-6-12(7-5-10)22-14(9-16)23(20,21)13-3-1-2-11(8-13)17(18)19;1-10(21-13-7-5-11(15)6-8-13)22(19,20)14-4-2-3-12(9-14)16(17)18/h1-8,14H,9H2;2-9H,1H2. The van der Waals surface area contributed by atoms with Gasteiger partial charge in [0.25, 0.3) is 11.4 Å². The third-order valence-corrected chi connectivity index (χ3v) is 14.2. The van der Waals surface area contributed by atoms with Gasteiger partial charge in [-0.25, -0.2) is 16.8 Å². The molecule has 0 N–H and O–H groups in total. The van der Waals surface area contributed by atoms with Gasteiger partial charge < -0.3 is 0 Å². The predicted octanol–water partition coefficient (Wildman–Crippen LogP) is 8.88. The van der Waals surface area contributed by atoms with Crippen LogP contribution in [0.4, 0.5) is 11.4 Å². The van der Waals surface area contributed by atoms with Crippen molar-refractivity contribution in [1.82, 2.24) is 0 Å². The van der Waals surface area contributed by atoms with E-state index in [0.717, 1.165) is 49.5 Å². The lowest BCUT2D eigenvalue weighted by atomic mass is 10.3. The molecule has 0 aliphatic heterocycles. The normalized spacial score (nSPS) is 12.0. The number of halogens is 3. The molecule has 0 bridgehead atoms. The minimum Gasteiger partial charge on any atom is -0.258 e. The van der Waals surface area contributed by atoms with Gasteiger partial charge in [-0.05, 0) is 60.7 Å². The van der Waals surface area contributed by atoms with Gasteiger partial charge in [0.2, 0.25) is 9.84 Å². The molecule has 45 heavy (non-hydrogen) atoms. The molecule has 1 unspecified atom stereocenters. The van der Waals surface area contributed by atoms with Crippen molar-refractivity contribution >= 4 is 98.0 Å². The Morgan fingerprint density at radius 1 is 0.756 bits per heavy atom. The van der Waals surface area contributed by atoms with E-state index in [1.165, 1.54) is 36.4 Å². The van der Waals surface area contributed by atoms with E-state index in [1.807, 2.05) is 0 Å². The summed E-state index contributed by atoms with van der Waals surface area (Å²) < 4.78 is 50.9. The Kier molecular flexibility index (Phi) is 13.2. The quantitative estimate of drug-likeness (QED) is 0.0619. The Balaban J connectivity index is 0.000000246. The van der Waals surface area contributed by atoms with Crippen molar-refractivity contribution in [2.75, 3.05) is 5.88 Å². The fourth-order valence-electron chi connectivity index (χ4n) is 3.35. The third kappa shape index (κ3) is 10.1. The van der Waals surface area contributed by atoms with Gasteiger partial charge in [-0.15, -0.1) is 23.4 Å². The largest absolute Gasteiger partial charge is 0.270 e. The van der Waals surface area contributed by atoms with Crippen molar-refractivity contribution in [2.45, 2.75) is 24.2 Å². The number of alkyl halides is 1. The van der Waals surface area contributed by atoms with Gasteiger partial charge in [0, 0.05) is 48.9 Å². The van der Waals surface area contributed by atoms with E-state index in [0.29, 0.717) is 4.90 Å². The van der Waals surface area contributed by atoms with Crippen molar-refractivity contribution < 1.29 is 26.7 Å². The molecule has 0 saturated heterocycles. The number of hydrogen-bond acceptors (Lipinski definition) is 10. The molecule has 4 rings (SSSR count). The predicted molar refractivity (Wildman–Crippen MR) is 184 cm³/mol. The highest BCUT2D eigenvalue weighted by Crippen LogP contribution is 2.35. The Morgan fingerprint density at radius 2 is 1.20 bits per heavy atom. The molecular weight excluding hydrogens is 816 g/mol. The summed E-state index contributed by atoms with van der Waals surface area (Å²) in [5.74, 6) is -0.133. The first kappa shape index (κ1) is 36.7. The number of hydrogen-bond donors (Lipinski definition) is 0. The maximum absolute atomic E-state index is 12.7. The van der Waals surface area contributed by atoms with Crippen LogP contribution in [0.5, 0.6) is 0 Å². The Labute approximate surface area is 289 Å². The van der Waals surface area contributed by atoms with Crippen LogP contribution in [0.25, 0.3) is 0 Å². The summed E-state index contributed by atoms with van der Waals surface area (Å²) in [5, 5.41) is 21.6. The van der Waals surface area contributed by atoms with Gasteiger partial charge in [-0.3, -0.25) is 20.2 Å². The molecule has 0 aliphatic carbocycles. The lowest BCUT2D eigenvalue weighted by Crippen LogP contribution is -2.19. The minimum atomic E-state index is -3.85. The van der Waals surface area contributed by atoms with E-state index in [9.17, 15) is 37.1 Å². The number of non-ortho nitro benzene ring substituents is 2. The lowest BCUT2D eigenvalue weighted by molar-refractivity contribution is -0.385. The zero-order valence-electron chi connectivity index (χ0n) is 22.7. The fraction of sp³-hybridized carbons (Fsp3) is 0.0714. The maximum Gasteiger partial charge on any atom is 0.270 e. The molecule has 0 aliphatic rings. The molecule has 0 saturated carbocycles. The zero-order valence-corrected chi connectivity index (χ0v) is 29.9. The average Bonchev–Trinajstić information content (AvgIpc) is 3.02. The van der Waals surface area contributed by atoms with Gasteiger partial charge in [0.1, 0.15) is 8.82 Å². The molecule has 0 heterocycles. The molecule has 236 valence electrons. The van der Waals surface area contributed by atoms with Crippen molar-refractivity contribution in [1.29, 1.82) is 0 Å². The molecule has 10 nitrogen and oxygen atoms in total. The third-order valence-electron chi connectivity index (χ3n) is 5.59. The van der Waals surface area contributed by atoms with Gasteiger partial charge in [0.15, 0.2) is 9.84 Å². The van der Waals surface area contributed by atoms with Crippen LogP contribution in [0.1, 0.15) is 0 Å². The van der Waals surface area contributed by atoms with Gasteiger partial charge >= 0.3 is 0 Å². The van der Waals surface area contributed by atoms with Gasteiger partial charge in [0.05, 0.1) is 19.6 Å².